The van der Waals surface area contributed by atoms with Gasteiger partial charge in [-0.05, 0) is 18.2 Å². The molecule has 0 bridgehead atoms. The van der Waals surface area contributed by atoms with E-state index in [2.05, 4.69) is 15.3 Å². The fraction of sp³-hybridized carbons (Fsp3) is 0.133. The largest absolute Gasteiger partial charge is 0.492 e. The molecule has 0 saturated heterocycles. The summed E-state index contributed by atoms with van der Waals surface area (Å²) in [4.78, 5) is 20.2. The van der Waals surface area contributed by atoms with E-state index in [9.17, 15) is 4.79 Å². The maximum absolute atomic E-state index is 12.0. The van der Waals surface area contributed by atoms with Gasteiger partial charge in [-0.1, -0.05) is 18.2 Å². The van der Waals surface area contributed by atoms with Crippen LogP contribution >= 0.6 is 0 Å². The molecule has 21 heavy (non-hydrogen) atoms. The summed E-state index contributed by atoms with van der Waals surface area (Å²) in [7, 11) is 0. The Bertz CT molecular complexity index is 707. The van der Waals surface area contributed by atoms with Crippen LogP contribution in [0.4, 0.5) is 0 Å². The van der Waals surface area contributed by atoms with Crippen LogP contribution in [0.2, 0.25) is 0 Å². The average Bonchev–Trinajstić information content (AvgIpc) is 2.96. The molecule has 0 aliphatic heterocycles. The highest BCUT2D eigenvalue weighted by atomic mass is 16.5. The average molecular weight is 282 g/mol. The molecule has 0 unspecified atom stereocenters. The van der Waals surface area contributed by atoms with Crippen molar-refractivity contribution in [1.82, 2.24) is 19.7 Å². The number of nitrogens with one attached hydrogen (secondary N) is 1. The molecule has 2 heterocycles. The molecule has 0 atom stereocenters. The topological polar surface area (TPSA) is 68.5 Å². The molecule has 0 saturated carbocycles. The summed E-state index contributed by atoms with van der Waals surface area (Å²) < 4.78 is 7.20. The molecule has 6 nitrogen and oxygen atoms in total. The minimum Gasteiger partial charge on any atom is -0.492 e. The Morgan fingerprint density at radius 1 is 1.24 bits per heavy atom. The van der Waals surface area contributed by atoms with Gasteiger partial charge in [-0.15, -0.1) is 0 Å². The van der Waals surface area contributed by atoms with Gasteiger partial charge in [0, 0.05) is 18.6 Å². The highest BCUT2D eigenvalue weighted by Gasteiger charge is 2.10. The highest BCUT2D eigenvalue weighted by Crippen LogP contribution is 2.07. The van der Waals surface area contributed by atoms with Gasteiger partial charge in [0.2, 0.25) is 5.78 Å². The quantitative estimate of drug-likeness (QED) is 0.721. The van der Waals surface area contributed by atoms with E-state index in [0.717, 1.165) is 5.75 Å². The second-order valence-electron chi connectivity index (χ2n) is 4.37. The molecule has 1 amide bonds. The predicted molar refractivity (Wildman–Crippen MR) is 77.3 cm³/mol. The van der Waals surface area contributed by atoms with Crippen LogP contribution in [0, 0.1) is 0 Å². The summed E-state index contributed by atoms with van der Waals surface area (Å²) in [6.45, 7) is 0.816. The van der Waals surface area contributed by atoms with Gasteiger partial charge in [-0.25, -0.2) is 9.97 Å². The second kappa shape index (κ2) is 6.04. The Morgan fingerprint density at radius 3 is 2.90 bits per heavy atom. The minimum absolute atomic E-state index is 0.239. The number of imidazole rings is 1. The van der Waals surface area contributed by atoms with Crippen molar-refractivity contribution in [3.05, 3.63) is 60.7 Å². The minimum atomic E-state index is -0.239. The molecular formula is C15H14N4O2. The van der Waals surface area contributed by atoms with E-state index in [4.69, 9.17) is 4.74 Å². The molecule has 2 aromatic heterocycles. The standard InChI is InChI=1S/C15H14N4O2/c20-14(13-11-19-9-4-7-17-15(19)18-13)16-8-10-21-12-5-2-1-3-6-12/h1-7,9,11H,8,10H2,(H,16,20). The van der Waals surface area contributed by atoms with Gasteiger partial charge >= 0.3 is 0 Å². The second-order valence-corrected chi connectivity index (χ2v) is 4.37. The van der Waals surface area contributed by atoms with Crippen molar-refractivity contribution in [2.75, 3.05) is 13.2 Å². The number of aromatic nitrogens is 3. The molecule has 0 radical (unpaired) electrons. The van der Waals surface area contributed by atoms with Gasteiger partial charge in [0.15, 0.2) is 0 Å². The predicted octanol–water partition coefficient (Wildman–Crippen LogP) is 1.54. The van der Waals surface area contributed by atoms with Crippen molar-refractivity contribution in [2.24, 2.45) is 0 Å². The van der Waals surface area contributed by atoms with Gasteiger partial charge in [0.1, 0.15) is 18.1 Å². The number of carbonyl (C=O) groups excluding carboxylic acids is 1. The van der Waals surface area contributed by atoms with E-state index in [1.165, 1.54) is 0 Å². The number of benzene rings is 1. The van der Waals surface area contributed by atoms with E-state index < -0.39 is 0 Å². The van der Waals surface area contributed by atoms with Gasteiger partial charge < -0.3 is 10.1 Å². The van der Waals surface area contributed by atoms with Crippen LogP contribution in [-0.4, -0.2) is 33.4 Å². The zero-order valence-corrected chi connectivity index (χ0v) is 11.3. The SMILES string of the molecule is O=C(NCCOc1ccccc1)c1cn2cccnc2n1. The summed E-state index contributed by atoms with van der Waals surface area (Å²) in [5.74, 6) is 1.05. The number of ether oxygens (including phenoxy) is 1. The first-order valence-corrected chi connectivity index (χ1v) is 6.59. The lowest BCUT2D eigenvalue weighted by atomic mass is 10.3. The number of nitrogens with zero attached hydrogens (tertiary/aromatic N) is 3. The number of hydrogen-bond donors (Lipinski definition) is 1. The molecule has 1 aromatic carbocycles. The van der Waals surface area contributed by atoms with Gasteiger partial charge in [-0.3, -0.25) is 9.20 Å². The normalized spacial score (nSPS) is 10.5. The first kappa shape index (κ1) is 13.1. The van der Waals surface area contributed by atoms with Crippen molar-refractivity contribution >= 4 is 11.7 Å². The molecule has 0 fully saturated rings. The smallest absolute Gasteiger partial charge is 0.271 e. The summed E-state index contributed by atoms with van der Waals surface area (Å²) >= 11 is 0. The fourth-order valence-electron chi connectivity index (χ4n) is 1.88. The molecule has 6 heteroatoms. The lowest BCUT2D eigenvalue weighted by Gasteiger charge is -2.06. The molecule has 3 rings (SSSR count). The van der Waals surface area contributed by atoms with E-state index >= 15 is 0 Å². The Hall–Kier alpha value is -2.89. The zero-order valence-electron chi connectivity index (χ0n) is 11.3. The lowest BCUT2D eigenvalue weighted by Crippen LogP contribution is -2.28. The van der Waals surface area contributed by atoms with E-state index in [1.54, 1.807) is 29.1 Å². The number of carbonyl (C=O) groups is 1. The lowest BCUT2D eigenvalue weighted by molar-refractivity contribution is 0.0942. The fourth-order valence-corrected chi connectivity index (χ4v) is 1.88. The first-order valence-electron chi connectivity index (χ1n) is 6.59. The molecule has 0 spiro atoms. The maximum Gasteiger partial charge on any atom is 0.271 e. The third-order valence-corrected chi connectivity index (χ3v) is 2.87. The number of rotatable bonds is 5. The maximum atomic E-state index is 12.0. The van der Waals surface area contributed by atoms with E-state index in [1.807, 2.05) is 30.3 Å². The summed E-state index contributed by atoms with van der Waals surface area (Å²) in [6.07, 6.45) is 5.08. The molecule has 3 aromatic rings. The van der Waals surface area contributed by atoms with Crippen molar-refractivity contribution in [2.45, 2.75) is 0 Å². The van der Waals surface area contributed by atoms with Crippen LogP contribution in [-0.2, 0) is 0 Å². The van der Waals surface area contributed by atoms with Crippen LogP contribution < -0.4 is 10.1 Å². The molecule has 1 N–H and O–H groups in total. The molecule has 106 valence electrons. The van der Waals surface area contributed by atoms with Crippen LogP contribution in [0.3, 0.4) is 0 Å². The monoisotopic (exact) mass is 282 g/mol. The molecule has 0 aliphatic rings. The summed E-state index contributed by atoms with van der Waals surface area (Å²) in [5.41, 5.74) is 0.341. The zero-order chi connectivity index (χ0) is 14.5. The van der Waals surface area contributed by atoms with E-state index in [0.29, 0.717) is 24.6 Å². The molecule has 0 aliphatic carbocycles. The van der Waals surface area contributed by atoms with Crippen LogP contribution in [0.25, 0.3) is 5.78 Å². The van der Waals surface area contributed by atoms with Crippen LogP contribution in [0.1, 0.15) is 10.5 Å². The van der Waals surface area contributed by atoms with Crippen molar-refractivity contribution < 1.29 is 9.53 Å². The highest BCUT2D eigenvalue weighted by molar-refractivity contribution is 5.92. The Labute approximate surface area is 121 Å². The third-order valence-electron chi connectivity index (χ3n) is 2.87. The Kier molecular flexibility index (Phi) is 3.77. The first-order chi connectivity index (χ1) is 10.3. The Morgan fingerprint density at radius 2 is 2.10 bits per heavy atom. The van der Waals surface area contributed by atoms with Crippen molar-refractivity contribution in [3.8, 4) is 5.75 Å². The third kappa shape index (κ3) is 3.17. The Balaban J connectivity index is 1.52. The molecular weight excluding hydrogens is 268 g/mol. The number of para-hydroxylation sites is 1. The van der Waals surface area contributed by atoms with Crippen LogP contribution in [0.5, 0.6) is 5.75 Å². The number of hydrogen-bond acceptors (Lipinski definition) is 4. The van der Waals surface area contributed by atoms with Crippen molar-refractivity contribution in [1.29, 1.82) is 0 Å². The van der Waals surface area contributed by atoms with Gasteiger partial charge in [0.05, 0.1) is 6.54 Å². The summed E-state index contributed by atoms with van der Waals surface area (Å²) in [6, 6.07) is 11.2. The summed E-state index contributed by atoms with van der Waals surface area (Å²) in [5, 5.41) is 2.76. The number of fused-ring (bicyclic) bond motifs is 1. The van der Waals surface area contributed by atoms with Gasteiger partial charge in [0.25, 0.3) is 5.91 Å². The van der Waals surface area contributed by atoms with Crippen molar-refractivity contribution in [3.63, 3.8) is 0 Å². The van der Waals surface area contributed by atoms with Gasteiger partial charge in [-0.2, -0.15) is 0 Å². The van der Waals surface area contributed by atoms with E-state index in [-0.39, 0.29) is 5.91 Å². The number of amides is 1. The van der Waals surface area contributed by atoms with Crippen LogP contribution in [0.15, 0.2) is 55.0 Å².